The lowest BCUT2D eigenvalue weighted by Gasteiger charge is -2.30. The summed E-state index contributed by atoms with van der Waals surface area (Å²) in [5.74, 6) is -0.764. The van der Waals surface area contributed by atoms with Gasteiger partial charge in [0.05, 0.1) is 5.52 Å². The van der Waals surface area contributed by atoms with Crippen molar-refractivity contribution in [2.75, 3.05) is 6.61 Å². The minimum Gasteiger partial charge on any atom is -0.473 e. The number of primary amides is 1. The second-order valence-electron chi connectivity index (χ2n) is 8.24. The average molecular weight is 429 g/mol. The standard InChI is InChI=1S/C23H25F2N3O3/c1-13(2)10-23(4,31-22(26)29)12-30-21-14(3)7-15(11-28-21)17-5-6-27-19-9-16(24)8-18(25)20(17)19/h5-9,11,13H,10,12H2,1-4H3,(H2,26,29)/t23-/m0/s1. The van der Waals surface area contributed by atoms with Crippen LogP contribution in [-0.4, -0.2) is 28.3 Å². The van der Waals surface area contributed by atoms with Crippen LogP contribution in [0.2, 0.25) is 0 Å². The van der Waals surface area contributed by atoms with Crippen molar-refractivity contribution in [1.82, 2.24) is 9.97 Å². The summed E-state index contributed by atoms with van der Waals surface area (Å²) in [7, 11) is 0. The molecular formula is C23H25F2N3O3. The molecule has 0 unspecified atom stereocenters. The Kier molecular flexibility index (Phi) is 6.38. The molecule has 0 spiro atoms. The van der Waals surface area contributed by atoms with Crippen LogP contribution < -0.4 is 10.5 Å². The molecule has 1 aromatic carbocycles. The van der Waals surface area contributed by atoms with Gasteiger partial charge in [-0.1, -0.05) is 13.8 Å². The summed E-state index contributed by atoms with van der Waals surface area (Å²) in [5, 5.41) is 0.220. The molecule has 0 radical (unpaired) electrons. The fourth-order valence-electron chi connectivity index (χ4n) is 3.76. The molecule has 2 N–H and O–H groups in total. The molecule has 0 saturated heterocycles. The number of rotatable bonds is 7. The number of benzene rings is 1. The minimum absolute atomic E-state index is 0.0768. The molecule has 0 aliphatic carbocycles. The monoisotopic (exact) mass is 429 g/mol. The van der Waals surface area contributed by atoms with Crippen LogP contribution in [0.3, 0.4) is 0 Å². The third-order valence-electron chi connectivity index (χ3n) is 4.80. The van der Waals surface area contributed by atoms with E-state index < -0.39 is 23.3 Å². The molecule has 2 heterocycles. The molecule has 0 bridgehead atoms. The second-order valence-corrected chi connectivity index (χ2v) is 8.24. The van der Waals surface area contributed by atoms with E-state index in [1.165, 1.54) is 12.3 Å². The summed E-state index contributed by atoms with van der Waals surface area (Å²) in [5.41, 5.74) is 6.43. The first kappa shape index (κ1) is 22.4. The number of amides is 1. The van der Waals surface area contributed by atoms with Gasteiger partial charge in [0, 0.05) is 41.0 Å². The van der Waals surface area contributed by atoms with Crippen LogP contribution in [0.25, 0.3) is 22.0 Å². The van der Waals surface area contributed by atoms with Crippen LogP contribution in [0, 0.1) is 24.5 Å². The van der Waals surface area contributed by atoms with Crippen LogP contribution >= 0.6 is 0 Å². The largest absolute Gasteiger partial charge is 0.473 e. The number of nitrogens with two attached hydrogens (primary N) is 1. The molecule has 3 aromatic rings. The molecule has 31 heavy (non-hydrogen) atoms. The molecule has 3 rings (SSSR count). The first-order valence-corrected chi connectivity index (χ1v) is 9.90. The molecule has 1 atom stereocenters. The highest BCUT2D eigenvalue weighted by Gasteiger charge is 2.31. The maximum Gasteiger partial charge on any atom is 0.405 e. The summed E-state index contributed by atoms with van der Waals surface area (Å²) in [6, 6.07) is 5.48. The van der Waals surface area contributed by atoms with E-state index in [2.05, 4.69) is 9.97 Å². The van der Waals surface area contributed by atoms with Gasteiger partial charge in [0.2, 0.25) is 5.88 Å². The third-order valence-corrected chi connectivity index (χ3v) is 4.80. The van der Waals surface area contributed by atoms with Crippen molar-refractivity contribution < 1.29 is 23.0 Å². The Morgan fingerprint density at radius 3 is 2.61 bits per heavy atom. The number of carbonyl (C=O) groups is 1. The molecule has 0 saturated carbocycles. The third kappa shape index (κ3) is 5.25. The minimum atomic E-state index is -0.901. The maximum absolute atomic E-state index is 14.5. The van der Waals surface area contributed by atoms with Crippen LogP contribution in [-0.2, 0) is 4.74 Å². The van der Waals surface area contributed by atoms with E-state index in [0.29, 0.717) is 29.0 Å². The first-order chi connectivity index (χ1) is 14.6. The number of aromatic nitrogens is 2. The van der Waals surface area contributed by atoms with Gasteiger partial charge in [0.15, 0.2) is 0 Å². The molecule has 6 nitrogen and oxygen atoms in total. The molecule has 1 amide bonds. The fourth-order valence-corrected chi connectivity index (χ4v) is 3.76. The predicted molar refractivity (Wildman–Crippen MR) is 114 cm³/mol. The summed E-state index contributed by atoms with van der Waals surface area (Å²) in [6.45, 7) is 7.65. The Labute approximate surface area is 179 Å². The van der Waals surface area contributed by atoms with E-state index in [9.17, 15) is 13.6 Å². The van der Waals surface area contributed by atoms with Crippen molar-refractivity contribution in [3.8, 4) is 17.0 Å². The highest BCUT2D eigenvalue weighted by Crippen LogP contribution is 2.32. The van der Waals surface area contributed by atoms with Gasteiger partial charge in [-0.3, -0.25) is 4.98 Å². The number of fused-ring (bicyclic) bond motifs is 1. The van der Waals surface area contributed by atoms with Crippen molar-refractivity contribution in [2.24, 2.45) is 11.7 Å². The molecule has 2 aromatic heterocycles. The Hall–Kier alpha value is -3.29. The molecule has 164 valence electrons. The predicted octanol–water partition coefficient (Wildman–Crippen LogP) is 5.16. The summed E-state index contributed by atoms with van der Waals surface area (Å²) in [4.78, 5) is 19.7. The lowest BCUT2D eigenvalue weighted by Crippen LogP contribution is -2.41. The van der Waals surface area contributed by atoms with E-state index in [1.807, 2.05) is 13.8 Å². The van der Waals surface area contributed by atoms with Crippen molar-refractivity contribution in [3.63, 3.8) is 0 Å². The van der Waals surface area contributed by atoms with Gasteiger partial charge >= 0.3 is 6.09 Å². The zero-order valence-corrected chi connectivity index (χ0v) is 17.9. The van der Waals surface area contributed by atoms with Gasteiger partial charge in [0.25, 0.3) is 0 Å². The quantitative estimate of drug-likeness (QED) is 0.560. The summed E-state index contributed by atoms with van der Waals surface area (Å²) in [6.07, 6.45) is 2.74. The van der Waals surface area contributed by atoms with E-state index in [1.54, 1.807) is 32.2 Å². The van der Waals surface area contributed by atoms with E-state index >= 15 is 0 Å². The van der Waals surface area contributed by atoms with Crippen molar-refractivity contribution >= 4 is 17.0 Å². The zero-order chi connectivity index (χ0) is 22.8. The number of aryl methyl sites for hydroxylation is 1. The molecule has 0 aliphatic heterocycles. The number of carbonyl (C=O) groups excluding carboxylic acids is 1. The number of pyridine rings is 2. The van der Waals surface area contributed by atoms with Gasteiger partial charge in [-0.2, -0.15) is 0 Å². The number of halogens is 2. The molecule has 0 fully saturated rings. The lowest BCUT2D eigenvalue weighted by molar-refractivity contribution is -0.0198. The summed E-state index contributed by atoms with van der Waals surface area (Å²) < 4.78 is 39.1. The Balaban J connectivity index is 1.89. The van der Waals surface area contributed by atoms with Gasteiger partial charge in [-0.05, 0) is 43.9 Å². The van der Waals surface area contributed by atoms with Gasteiger partial charge in [-0.15, -0.1) is 0 Å². The molecule has 0 aliphatic rings. The van der Waals surface area contributed by atoms with Gasteiger partial charge in [-0.25, -0.2) is 18.6 Å². The van der Waals surface area contributed by atoms with Crippen molar-refractivity contribution in [2.45, 2.75) is 39.7 Å². The highest BCUT2D eigenvalue weighted by molar-refractivity contribution is 5.94. The first-order valence-electron chi connectivity index (χ1n) is 9.90. The average Bonchev–Trinajstić information content (AvgIpc) is 2.65. The van der Waals surface area contributed by atoms with E-state index in [0.717, 1.165) is 6.07 Å². The van der Waals surface area contributed by atoms with Crippen LogP contribution in [0.1, 0.15) is 32.8 Å². The number of hydrogen-bond acceptors (Lipinski definition) is 5. The van der Waals surface area contributed by atoms with Gasteiger partial charge < -0.3 is 15.2 Å². The van der Waals surface area contributed by atoms with Crippen LogP contribution in [0.4, 0.5) is 13.6 Å². The Bertz CT molecular complexity index is 1120. The SMILES string of the molecule is Cc1cc(-c2ccnc3cc(F)cc(F)c23)cnc1OC[C@](C)(CC(C)C)OC(N)=O. The Morgan fingerprint density at radius 1 is 1.23 bits per heavy atom. The smallest absolute Gasteiger partial charge is 0.405 e. The maximum atomic E-state index is 14.5. The molecule has 8 heteroatoms. The van der Waals surface area contributed by atoms with Crippen LogP contribution in [0.15, 0.2) is 36.7 Å². The topological polar surface area (TPSA) is 87.3 Å². The lowest BCUT2D eigenvalue weighted by atomic mass is 9.95. The second kappa shape index (κ2) is 8.83. The van der Waals surface area contributed by atoms with Crippen molar-refractivity contribution in [3.05, 3.63) is 53.9 Å². The van der Waals surface area contributed by atoms with Crippen LogP contribution in [0.5, 0.6) is 5.88 Å². The number of hydrogen-bond donors (Lipinski definition) is 1. The fraction of sp³-hybridized carbons (Fsp3) is 0.348. The normalized spacial score (nSPS) is 13.3. The summed E-state index contributed by atoms with van der Waals surface area (Å²) >= 11 is 0. The van der Waals surface area contributed by atoms with E-state index in [-0.39, 0.29) is 23.4 Å². The number of nitrogens with zero attached hydrogens (tertiary/aromatic N) is 2. The zero-order valence-electron chi connectivity index (χ0n) is 17.9. The Morgan fingerprint density at radius 2 is 1.97 bits per heavy atom. The van der Waals surface area contributed by atoms with E-state index in [4.69, 9.17) is 15.2 Å². The number of ether oxygens (including phenoxy) is 2. The highest BCUT2D eigenvalue weighted by atomic mass is 19.1. The van der Waals surface area contributed by atoms with Gasteiger partial charge in [0.1, 0.15) is 23.8 Å². The molecular weight excluding hydrogens is 404 g/mol. The van der Waals surface area contributed by atoms with Crippen molar-refractivity contribution in [1.29, 1.82) is 0 Å².